The van der Waals surface area contributed by atoms with Gasteiger partial charge in [-0.3, -0.25) is 10.00 Å². The van der Waals surface area contributed by atoms with Crippen LogP contribution in [-0.2, 0) is 7.05 Å². The number of carbonyl (C=O) groups is 1. The van der Waals surface area contributed by atoms with Crippen molar-refractivity contribution in [2.24, 2.45) is 7.05 Å². The van der Waals surface area contributed by atoms with Crippen LogP contribution in [0.4, 0.5) is 10.6 Å². The molecule has 1 aromatic rings. The fraction of sp³-hybridized carbons (Fsp3) is 0.600. The van der Waals surface area contributed by atoms with Gasteiger partial charge in [-0.2, -0.15) is 5.10 Å². The molecule has 1 saturated heterocycles. The number of likely N-dealkylation sites (tertiary alicyclic amines) is 1. The summed E-state index contributed by atoms with van der Waals surface area (Å²) >= 11 is 0. The third-order valence-electron chi connectivity index (χ3n) is 2.63. The maximum Gasteiger partial charge on any atom is 0.322 e. The molecule has 1 N–H and O–H groups in total. The number of aryl methyl sites for hydroxylation is 2. The van der Waals surface area contributed by atoms with Gasteiger partial charge in [0, 0.05) is 26.2 Å². The quantitative estimate of drug-likeness (QED) is 0.757. The second-order valence-electron chi connectivity index (χ2n) is 3.92. The Bertz CT molecular complexity index is 365. The number of carbonyl (C=O) groups excluding carboxylic acids is 1. The fourth-order valence-corrected chi connectivity index (χ4v) is 1.84. The molecule has 1 aliphatic heterocycles. The van der Waals surface area contributed by atoms with Gasteiger partial charge in [0.15, 0.2) is 0 Å². The molecule has 15 heavy (non-hydrogen) atoms. The third kappa shape index (κ3) is 2.11. The van der Waals surface area contributed by atoms with E-state index in [9.17, 15) is 4.79 Å². The van der Waals surface area contributed by atoms with Crippen molar-refractivity contribution >= 4 is 11.8 Å². The average Bonchev–Trinajstić information content (AvgIpc) is 2.76. The summed E-state index contributed by atoms with van der Waals surface area (Å²) in [4.78, 5) is 13.6. The highest BCUT2D eigenvalue weighted by Gasteiger charge is 2.18. The topological polar surface area (TPSA) is 50.2 Å². The summed E-state index contributed by atoms with van der Waals surface area (Å²) in [6, 6.07) is 1.85. The Morgan fingerprint density at radius 1 is 1.47 bits per heavy atom. The SMILES string of the molecule is Cc1cc(NC(=O)N2CCCC2)n(C)n1. The number of rotatable bonds is 1. The smallest absolute Gasteiger partial charge is 0.322 e. The van der Waals surface area contributed by atoms with Crippen molar-refractivity contribution in [3.05, 3.63) is 11.8 Å². The monoisotopic (exact) mass is 208 g/mol. The van der Waals surface area contributed by atoms with Gasteiger partial charge in [0.25, 0.3) is 0 Å². The van der Waals surface area contributed by atoms with Crippen LogP contribution in [0, 0.1) is 6.92 Å². The summed E-state index contributed by atoms with van der Waals surface area (Å²) in [7, 11) is 1.83. The molecule has 2 rings (SSSR count). The second kappa shape index (κ2) is 3.92. The minimum atomic E-state index is -0.0181. The second-order valence-corrected chi connectivity index (χ2v) is 3.92. The first-order chi connectivity index (χ1) is 7.16. The standard InChI is InChI=1S/C10H16N4O/c1-8-7-9(13(2)12-8)11-10(15)14-5-3-4-6-14/h7H,3-6H2,1-2H3,(H,11,15). The van der Waals surface area contributed by atoms with Crippen LogP contribution >= 0.6 is 0 Å². The van der Waals surface area contributed by atoms with E-state index in [2.05, 4.69) is 10.4 Å². The van der Waals surface area contributed by atoms with E-state index in [-0.39, 0.29) is 6.03 Å². The zero-order valence-corrected chi connectivity index (χ0v) is 9.16. The molecule has 2 amide bonds. The van der Waals surface area contributed by atoms with Gasteiger partial charge in [0.05, 0.1) is 5.69 Å². The number of amides is 2. The van der Waals surface area contributed by atoms with Crippen LogP contribution in [-0.4, -0.2) is 33.8 Å². The van der Waals surface area contributed by atoms with E-state index < -0.39 is 0 Å². The molecular formula is C10H16N4O. The molecule has 0 saturated carbocycles. The normalized spacial score (nSPS) is 15.7. The van der Waals surface area contributed by atoms with Gasteiger partial charge in [-0.05, 0) is 19.8 Å². The number of anilines is 1. The highest BCUT2D eigenvalue weighted by Crippen LogP contribution is 2.12. The van der Waals surface area contributed by atoms with Gasteiger partial charge in [-0.15, -0.1) is 0 Å². The lowest BCUT2D eigenvalue weighted by atomic mass is 10.4. The van der Waals surface area contributed by atoms with E-state index in [0.717, 1.165) is 37.4 Å². The minimum Gasteiger partial charge on any atom is -0.324 e. The van der Waals surface area contributed by atoms with Gasteiger partial charge in [-0.25, -0.2) is 4.79 Å². The number of hydrogen-bond donors (Lipinski definition) is 1. The molecule has 0 aliphatic carbocycles. The predicted octanol–water partition coefficient (Wildman–Crippen LogP) is 1.36. The average molecular weight is 208 g/mol. The van der Waals surface area contributed by atoms with Gasteiger partial charge < -0.3 is 4.90 Å². The Kier molecular flexibility index (Phi) is 2.62. The van der Waals surface area contributed by atoms with Gasteiger partial charge >= 0.3 is 6.03 Å². The Morgan fingerprint density at radius 2 is 2.13 bits per heavy atom. The predicted molar refractivity (Wildman–Crippen MR) is 57.8 cm³/mol. The van der Waals surface area contributed by atoms with Crippen molar-refractivity contribution in [3.63, 3.8) is 0 Å². The molecular weight excluding hydrogens is 192 g/mol. The van der Waals surface area contributed by atoms with Crippen molar-refractivity contribution < 1.29 is 4.79 Å². The Labute approximate surface area is 89.1 Å². The molecule has 0 radical (unpaired) electrons. The molecule has 82 valence electrons. The summed E-state index contributed by atoms with van der Waals surface area (Å²) in [5.41, 5.74) is 0.911. The van der Waals surface area contributed by atoms with E-state index in [0.29, 0.717) is 0 Å². The van der Waals surface area contributed by atoms with Crippen molar-refractivity contribution in [3.8, 4) is 0 Å². The van der Waals surface area contributed by atoms with Crippen LogP contribution in [0.1, 0.15) is 18.5 Å². The molecule has 1 fully saturated rings. The minimum absolute atomic E-state index is 0.0181. The summed E-state index contributed by atoms with van der Waals surface area (Å²) in [6.07, 6.45) is 2.22. The number of nitrogens with one attached hydrogen (secondary N) is 1. The summed E-state index contributed by atoms with van der Waals surface area (Å²) < 4.78 is 1.68. The van der Waals surface area contributed by atoms with Gasteiger partial charge in [0.1, 0.15) is 5.82 Å². The maximum absolute atomic E-state index is 11.7. The Balaban J connectivity index is 2.01. The molecule has 0 bridgehead atoms. The summed E-state index contributed by atoms with van der Waals surface area (Å²) in [6.45, 7) is 3.64. The molecule has 1 aliphatic rings. The van der Waals surface area contributed by atoms with Crippen molar-refractivity contribution in [1.82, 2.24) is 14.7 Å². The largest absolute Gasteiger partial charge is 0.324 e. The van der Waals surface area contributed by atoms with Crippen molar-refractivity contribution in [1.29, 1.82) is 0 Å². The molecule has 2 heterocycles. The highest BCUT2D eigenvalue weighted by atomic mass is 16.2. The van der Waals surface area contributed by atoms with E-state index in [1.165, 1.54) is 0 Å². The van der Waals surface area contributed by atoms with Crippen molar-refractivity contribution in [2.75, 3.05) is 18.4 Å². The van der Waals surface area contributed by atoms with E-state index in [1.807, 2.05) is 24.9 Å². The first-order valence-electron chi connectivity index (χ1n) is 5.23. The van der Waals surface area contributed by atoms with Crippen LogP contribution in [0.15, 0.2) is 6.07 Å². The molecule has 0 spiro atoms. The first-order valence-corrected chi connectivity index (χ1v) is 5.23. The summed E-state index contributed by atoms with van der Waals surface area (Å²) in [5, 5.41) is 7.03. The molecule has 0 atom stereocenters. The van der Waals surface area contributed by atoms with Crippen molar-refractivity contribution in [2.45, 2.75) is 19.8 Å². The lowest BCUT2D eigenvalue weighted by Gasteiger charge is -2.15. The van der Waals surface area contributed by atoms with Gasteiger partial charge in [0.2, 0.25) is 0 Å². The molecule has 0 aromatic carbocycles. The van der Waals surface area contributed by atoms with Crippen LogP contribution in [0.25, 0.3) is 0 Å². The molecule has 5 heteroatoms. The molecule has 5 nitrogen and oxygen atoms in total. The zero-order chi connectivity index (χ0) is 10.8. The number of aromatic nitrogens is 2. The number of nitrogens with zero attached hydrogens (tertiary/aromatic N) is 3. The Morgan fingerprint density at radius 3 is 2.67 bits per heavy atom. The van der Waals surface area contributed by atoms with Gasteiger partial charge in [-0.1, -0.05) is 0 Å². The lowest BCUT2D eigenvalue weighted by molar-refractivity contribution is 0.222. The first kappa shape index (κ1) is 10.0. The highest BCUT2D eigenvalue weighted by molar-refractivity contribution is 5.88. The van der Waals surface area contributed by atoms with Crippen LogP contribution in [0.2, 0.25) is 0 Å². The third-order valence-corrected chi connectivity index (χ3v) is 2.63. The molecule has 0 unspecified atom stereocenters. The lowest BCUT2D eigenvalue weighted by Crippen LogP contribution is -2.32. The van der Waals surface area contributed by atoms with Crippen LogP contribution in [0.3, 0.4) is 0 Å². The molecule has 1 aromatic heterocycles. The maximum atomic E-state index is 11.7. The Hall–Kier alpha value is -1.52. The van der Waals surface area contributed by atoms with E-state index in [4.69, 9.17) is 0 Å². The van der Waals surface area contributed by atoms with Crippen LogP contribution in [0.5, 0.6) is 0 Å². The van der Waals surface area contributed by atoms with E-state index >= 15 is 0 Å². The summed E-state index contributed by atoms with van der Waals surface area (Å²) in [5.74, 6) is 0.754. The zero-order valence-electron chi connectivity index (χ0n) is 9.16. The fourth-order valence-electron chi connectivity index (χ4n) is 1.84. The number of urea groups is 1. The van der Waals surface area contributed by atoms with Crippen LogP contribution < -0.4 is 5.32 Å². The van der Waals surface area contributed by atoms with E-state index in [1.54, 1.807) is 4.68 Å². The number of hydrogen-bond acceptors (Lipinski definition) is 2.